The van der Waals surface area contributed by atoms with Crippen LogP contribution < -0.4 is 5.32 Å². The van der Waals surface area contributed by atoms with E-state index in [0.717, 1.165) is 25.0 Å². The van der Waals surface area contributed by atoms with Crippen molar-refractivity contribution in [3.63, 3.8) is 0 Å². The second-order valence-corrected chi connectivity index (χ2v) is 5.12. The molecule has 0 saturated carbocycles. The molecule has 0 bridgehead atoms. The fourth-order valence-corrected chi connectivity index (χ4v) is 2.31. The van der Waals surface area contributed by atoms with E-state index in [-0.39, 0.29) is 0 Å². The highest BCUT2D eigenvalue weighted by molar-refractivity contribution is 5.76. The van der Waals surface area contributed by atoms with Crippen LogP contribution in [0.5, 0.6) is 0 Å². The van der Waals surface area contributed by atoms with Gasteiger partial charge < -0.3 is 9.88 Å². The van der Waals surface area contributed by atoms with Gasteiger partial charge in [-0.1, -0.05) is 19.9 Å². The summed E-state index contributed by atoms with van der Waals surface area (Å²) >= 11 is 0. The molecule has 0 aliphatic rings. The lowest BCUT2D eigenvalue weighted by Gasteiger charge is -2.09. The minimum absolute atomic E-state index is 0.534. The summed E-state index contributed by atoms with van der Waals surface area (Å²) in [7, 11) is 0. The monoisotopic (exact) mass is 245 g/mol. The highest BCUT2D eigenvalue weighted by Gasteiger charge is 2.09. The molecule has 0 saturated heterocycles. The summed E-state index contributed by atoms with van der Waals surface area (Å²) in [4.78, 5) is 4.76. The number of aromatic nitrogens is 2. The van der Waals surface area contributed by atoms with E-state index < -0.39 is 0 Å². The third-order valence-electron chi connectivity index (χ3n) is 3.20. The molecule has 2 rings (SSSR count). The number of fused-ring (bicyclic) bond motifs is 1. The van der Waals surface area contributed by atoms with Crippen LogP contribution in [0.4, 0.5) is 0 Å². The molecular formula is C15H23N3. The zero-order valence-electron chi connectivity index (χ0n) is 11.8. The molecule has 1 heterocycles. The maximum Gasteiger partial charge on any atom is 0.111 e. The van der Waals surface area contributed by atoms with Crippen LogP contribution in [0.15, 0.2) is 18.2 Å². The maximum atomic E-state index is 4.76. The van der Waals surface area contributed by atoms with Crippen molar-refractivity contribution >= 4 is 11.0 Å². The molecule has 0 atom stereocenters. The quantitative estimate of drug-likeness (QED) is 0.877. The third kappa shape index (κ3) is 2.72. The number of nitrogens with zero attached hydrogens (tertiary/aromatic N) is 2. The zero-order chi connectivity index (χ0) is 13.1. The van der Waals surface area contributed by atoms with Gasteiger partial charge in [-0.3, -0.25) is 0 Å². The van der Waals surface area contributed by atoms with Gasteiger partial charge in [0.1, 0.15) is 5.82 Å². The lowest BCUT2D eigenvalue weighted by Crippen LogP contribution is -2.25. The largest absolute Gasteiger partial charge is 0.328 e. The van der Waals surface area contributed by atoms with E-state index in [1.807, 2.05) is 0 Å². The number of aryl methyl sites for hydroxylation is 2. The van der Waals surface area contributed by atoms with Crippen molar-refractivity contribution in [2.24, 2.45) is 0 Å². The van der Waals surface area contributed by atoms with Crippen LogP contribution in [0.3, 0.4) is 0 Å². The van der Waals surface area contributed by atoms with E-state index in [4.69, 9.17) is 4.98 Å². The van der Waals surface area contributed by atoms with Crippen LogP contribution in [0, 0.1) is 6.92 Å². The van der Waals surface area contributed by atoms with E-state index in [1.165, 1.54) is 16.9 Å². The average Bonchev–Trinajstić information content (AvgIpc) is 2.65. The summed E-state index contributed by atoms with van der Waals surface area (Å²) in [6, 6.07) is 7.04. The first-order valence-electron chi connectivity index (χ1n) is 6.81. The van der Waals surface area contributed by atoms with Crippen molar-refractivity contribution in [2.75, 3.05) is 6.54 Å². The lowest BCUT2D eigenvalue weighted by molar-refractivity contribution is 0.573. The molecule has 1 aromatic heterocycles. The summed E-state index contributed by atoms with van der Waals surface area (Å²) in [5.41, 5.74) is 3.65. The minimum atomic E-state index is 0.534. The first-order chi connectivity index (χ1) is 8.61. The van der Waals surface area contributed by atoms with Gasteiger partial charge in [-0.2, -0.15) is 0 Å². The molecule has 3 heteroatoms. The molecule has 0 aliphatic heterocycles. The molecule has 3 nitrogen and oxygen atoms in total. The average molecular weight is 245 g/mol. The van der Waals surface area contributed by atoms with Crippen molar-refractivity contribution in [1.29, 1.82) is 0 Å². The van der Waals surface area contributed by atoms with Crippen molar-refractivity contribution in [3.8, 4) is 0 Å². The number of hydrogen-bond donors (Lipinski definition) is 1. The highest BCUT2D eigenvalue weighted by atomic mass is 15.1. The molecule has 0 radical (unpaired) electrons. The number of hydrogen-bond acceptors (Lipinski definition) is 2. The minimum Gasteiger partial charge on any atom is -0.328 e. The summed E-state index contributed by atoms with van der Waals surface area (Å²) in [5.74, 6) is 1.19. The van der Waals surface area contributed by atoms with Gasteiger partial charge in [0.05, 0.1) is 11.0 Å². The maximum absolute atomic E-state index is 4.76. The second kappa shape index (κ2) is 5.53. The van der Waals surface area contributed by atoms with Crippen molar-refractivity contribution < 1.29 is 0 Å². The Morgan fingerprint density at radius 1 is 1.33 bits per heavy atom. The Morgan fingerprint density at radius 2 is 2.11 bits per heavy atom. The van der Waals surface area contributed by atoms with Crippen LogP contribution in [0.2, 0.25) is 0 Å². The Hall–Kier alpha value is -1.35. The normalized spacial score (nSPS) is 11.6. The number of imidazole rings is 1. The Balaban J connectivity index is 2.26. The standard InChI is InChI=1S/C15H23N3/c1-5-18-14-7-6-12(4)10-13(14)17-15(18)8-9-16-11(2)3/h6-7,10-11,16H,5,8-9H2,1-4H3. The second-order valence-electron chi connectivity index (χ2n) is 5.12. The van der Waals surface area contributed by atoms with E-state index in [0.29, 0.717) is 6.04 Å². The van der Waals surface area contributed by atoms with Gasteiger partial charge in [0, 0.05) is 25.6 Å². The van der Waals surface area contributed by atoms with Crippen molar-refractivity contribution in [2.45, 2.75) is 46.7 Å². The van der Waals surface area contributed by atoms with Crippen LogP contribution in [-0.2, 0) is 13.0 Å². The summed E-state index contributed by atoms with van der Waals surface area (Å²) in [5, 5.41) is 3.45. The smallest absolute Gasteiger partial charge is 0.111 e. The van der Waals surface area contributed by atoms with Gasteiger partial charge in [0.25, 0.3) is 0 Å². The fraction of sp³-hybridized carbons (Fsp3) is 0.533. The number of benzene rings is 1. The molecule has 18 heavy (non-hydrogen) atoms. The Bertz CT molecular complexity index is 526. The van der Waals surface area contributed by atoms with E-state index in [1.54, 1.807) is 0 Å². The molecule has 0 amide bonds. The highest BCUT2D eigenvalue weighted by Crippen LogP contribution is 2.18. The Kier molecular flexibility index (Phi) is 4.02. The first-order valence-corrected chi connectivity index (χ1v) is 6.81. The molecule has 1 N–H and O–H groups in total. The first kappa shape index (κ1) is 13.1. The fourth-order valence-electron chi connectivity index (χ4n) is 2.31. The molecule has 0 spiro atoms. The van der Waals surface area contributed by atoms with Crippen LogP contribution in [-0.4, -0.2) is 22.1 Å². The van der Waals surface area contributed by atoms with E-state index in [9.17, 15) is 0 Å². The molecule has 0 fully saturated rings. The van der Waals surface area contributed by atoms with E-state index >= 15 is 0 Å². The lowest BCUT2D eigenvalue weighted by atomic mass is 10.2. The molecule has 0 aliphatic carbocycles. The van der Waals surface area contributed by atoms with E-state index in [2.05, 4.69) is 55.8 Å². The van der Waals surface area contributed by atoms with Gasteiger partial charge in [0.15, 0.2) is 0 Å². The van der Waals surface area contributed by atoms with Gasteiger partial charge in [-0.05, 0) is 31.5 Å². The topological polar surface area (TPSA) is 29.9 Å². The Labute approximate surface area is 109 Å². The van der Waals surface area contributed by atoms with Crippen LogP contribution in [0.25, 0.3) is 11.0 Å². The summed E-state index contributed by atoms with van der Waals surface area (Å²) < 4.78 is 2.32. The van der Waals surface area contributed by atoms with Crippen LogP contribution in [0.1, 0.15) is 32.2 Å². The van der Waals surface area contributed by atoms with Gasteiger partial charge in [-0.15, -0.1) is 0 Å². The molecule has 0 unspecified atom stereocenters. The molecular weight excluding hydrogens is 222 g/mol. The van der Waals surface area contributed by atoms with Gasteiger partial charge >= 0.3 is 0 Å². The van der Waals surface area contributed by atoms with Gasteiger partial charge in [0.2, 0.25) is 0 Å². The predicted molar refractivity (Wildman–Crippen MR) is 77.0 cm³/mol. The van der Waals surface area contributed by atoms with Crippen LogP contribution >= 0.6 is 0 Å². The number of rotatable bonds is 5. The molecule has 98 valence electrons. The number of nitrogens with one attached hydrogen (secondary N) is 1. The third-order valence-corrected chi connectivity index (χ3v) is 3.20. The Morgan fingerprint density at radius 3 is 2.78 bits per heavy atom. The van der Waals surface area contributed by atoms with Crippen molar-refractivity contribution in [3.05, 3.63) is 29.6 Å². The predicted octanol–water partition coefficient (Wildman–Crippen LogP) is 2.91. The summed E-state index contributed by atoms with van der Waals surface area (Å²) in [6.45, 7) is 10.6. The SMILES string of the molecule is CCn1c(CCNC(C)C)nc2cc(C)ccc21. The molecule has 2 aromatic rings. The zero-order valence-corrected chi connectivity index (χ0v) is 11.8. The molecule has 1 aromatic carbocycles. The van der Waals surface area contributed by atoms with Crippen molar-refractivity contribution in [1.82, 2.24) is 14.9 Å². The van der Waals surface area contributed by atoms with Gasteiger partial charge in [-0.25, -0.2) is 4.98 Å². The summed E-state index contributed by atoms with van der Waals surface area (Å²) in [6.07, 6.45) is 0.986.